The van der Waals surface area contributed by atoms with Crippen LogP contribution in [0.25, 0.3) is 0 Å². The lowest BCUT2D eigenvalue weighted by molar-refractivity contribution is -0.167. The van der Waals surface area contributed by atoms with Crippen LogP contribution in [0.4, 0.5) is 0 Å². The van der Waals surface area contributed by atoms with E-state index in [0.717, 1.165) is 77.0 Å². The van der Waals surface area contributed by atoms with E-state index in [9.17, 15) is 14.4 Å². The maximum Gasteiger partial charge on any atom is 0.306 e. The highest BCUT2D eigenvalue weighted by molar-refractivity contribution is 5.71. The van der Waals surface area contributed by atoms with E-state index < -0.39 is 6.10 Å². The molecule has 1 atom stereocenters. The van der Waals surface area contributed by atoms with Crippen molar-refractivity contribution in [3.63, 3.8) is 0 Å². The van der Waals surface area contributed by atoms with Crippen molar-refractivity contribution in [1.29, 1.82) is 0 Å². The van der Waals surface area contributed by atoms with Gasteiger partial charge in [0.25, 0.3) is 0 Å². The fourth-order valence-electron chi connectivity index (χ4n) is 11.5. The summed E-state index contributed by atoms with van der Waals surface area (Å²) in [6.45, 7) is 6.67. The molecule has 1 unspecified atom stereocenters. The summed E-state index contributed by atoms with van der Waals surface area (Å²) < 4.78 is 17.0. The normalized spacial score (nSPS) is 12.2. The van der Waals surface area contributed by atoms with Crippen LogP contribution in [-0.2, 0) is 28.6 Å². The van der Waals surface area contributed by atoms with Crippen molar-refractivity contribution in [3.8, 4) is 0 Å². The predicted molar refractivity (Wildman–Crippen MR) is 362 cm³/mol. The topological polar surface area (TPSA) is 78.9 Å². The quantitative estimate of drug-likeness (QED) is 0.0261. The first-order chi connectivity index (χ1) is 41.0. The Labute approximate surface area is 518 Å². The number of allylic oxidation sites excluding steroid dienone is 6. The molecule has 0 rings (SSSR count). The van der Waals surface area contributed by atoms with E-state index in [4.69, 9.17) is 14.2 Å². The molecule has 0 N–H and O–H groups in total. The van der Waals surface area contributed by atoms with Crippen molar-refractivity contribution < 1.29 is 28.6 Å². The first-order valence-electron chi connectivity index (χ1n) is 37.5. The van der Waals surface area contributed by atoms with Gasteiger partial charge in [-0.1, -0.05) is 359 Å². The Morgan fingerprint density at radius 3 is 0.699 bits per heavy atom. The van der Waals surface area contributed by atoms with Gasteiger partial charge in [-0.15, -0.1) is 0 Å². The third-order valence-corrected chi connectivity index (χ3v) is 17.1. The summed E-state index contributed by atoms with van der Waals surface area (Å²) in [6, 6.07) is 0. The van der Waals surface area contributed by atoms with E-state index in [2.05, 4.69) is 57.2 Å². The number of carbonyl (C=O) groups is 3. The minimum absolute atomic E-state index is 0.0736. The maximum atomic E-state index is 12.9. The summed E-state index contributed by atoms with van der Waals surface area (Å²) in [7, 11) is 0. The molecule has 0 aliphatic heterocycles. The Kier molecular flexibility index (Phi) is 70.0. The Bertz CT molecular complexity index is 1380. The lowest BCUT2D eigenvalue weighted by atomic mass is 10.0. The number of esters is 3. The van der Waals surface area contributed by atoms with Crippen molar-refractivity contribution in [3.05, 3.63) is 36.5 Å². The molecule has 0 spiro atoms. The second-order valence-corrected chi connectivity index (χ2v) is 25.6. The third-order valence-electron chi connectivity index (χ3n) is 17.1. The van der Waals surface area contributed by atoms with E-state index >= 15 is 0 Å². The van der Waals surface area contributed by atoms with E-state index in [-0.39, 0.29) is 31.1 Å². The van der Waals surface area contributed by atoms with E-state index in [1.165, 1.54) is 302 Å². The van der Waals surface area contributed by atoms with Gasteiger partial charge in [0.1, 0.15) is 13.2 Å². The molecule has 0 amide bonds. The van der Waals surface area contributed by atoms with Crippen LogP contribution in [0.3, 0.4) is 0 Å². The summed E-state index contributed by atoms with van der Waals surface area (Å²) >= 11 is 0. The van der Waals surface area contributed by atoms with Gasteiger partial charge >= 0.3 is 17.9 Å². The molecule has 0 aliphatic carbocycles. The van der Waals surface area contributed by atoms with Gasteiger partial charge in [-0.2, -0.15) is 0 Å². The molecule has 0 bridgehead atoms. The first-order valence-corrected chi connectivity index (χ1v) is 37.5. The Morgan fingerprint density at radius 2 is 0.434 bits per heavy atom. The van der Waals surface area contributed by atoms with Crippen LogP contribution in [0, 0.1) is 0 Å². The monoisotopic (exact) mass is 1170 g/mol. The summed E-state index contributed by atoms with van der Waals surface area (Å²) in [5.74, 6) is -0.863. The van der Waals surface area contributed by atoms with Crippen molar-refractivity contribution in [2.75, 3.05) is 13.2 Å². The second-order valence-electron chi connectivity index (χ2n) is 25.6. The molecule has 0 aromatic heterocycles. The van der Waals surface area contributed by atoms with Crippen LogP contribution >= 0.6 is 0 Å². The summed E-state index contributed by atoms with van der Waals surface area (Å²) in [5, 5.41) is 0. The highest BCUT2D eigenvalue weighted by Crippen LogP contribution is 2.19. The van der Waals surface area contributed by atoms with Crippen molar-refractivity contribution >= 4 is 17.9 Å². The highest BCUT2D eigenvalue weighted by Gasteiger charge is 2.20. The SMILES string of the molecule is CCCCC/C=C\C/C=C\CCCCCCCCCC(=O)OC(COC(=O)CCCCCCC/C=C\CCCCCCC)COC(=O)CCCCCCCCCCCCCCCCCCCCCCCCCCCCCCCCCCCC. The summed E-state index contributed by atoms with van der Waals surface area (Å²) in [5.41, 5.74) is 0. The molecular weight excluding hydrogens is 1020 g/mol. The Morgan fingerprint density at radius 1 is 0.241 bits per heavy atom. The zero-order valence-electron chi connectivity index (χ0n) is 56.2. The van der Waals surface area contributed by atoms with E-state index in [1.54, 1.807) is 0 Å². The number of ether oxygens (including phenoxy) is 3. The van der Waals surface area contributed by atoms with Crippen molar-refractivity contribution in [2.24, 2.45) is 0 Å². The van der Waals surface area contributed by atoms with Crippen LogP contribution in [0.5, 0.6) is 0 Å². The van der Waals surface area contributed by atoms with Crippen LogP contribution in [0.1, 0.15) is 419 Å². The second kappa shape index (κ2) is 72.1. The zero-order chi connectivity index (χ0) is 59.9. The lowest BCUT2D eigenvalue weighted by Crippen LogP contribution is -2.30. The number of carbonyl (C=O) groups excluding carboxylic acids is 3. The number of hydrogen-bond acceptors (Lipinski definition) is 6. The van der Waals surface area contributed by atoms with Gasteiger partial charge < -0.3 is 14.2 Å². The molecule has 83 heavy (non-hydrogen) atoms. The Hall–Kier alpha value is -2.37. The maximum absolute atomic E-state index is 12.9. The van der Waals surface area contributed by atoms with Gasteiger partial charge in [0.2, 0.25) is 0 Å². The van der Waals surface area contributed by atoms with Crippen molar-refractivity contribution in [1.82, 2.24) is 0 Å². The Balaban J connectivity index is 4.10. The van der Waals surface area contributed by atoms with Gasteiger partial charge in [0.05, 0.1) is 0 Å². The minimum atomic E-state index is -0.779. The van der Waals surface area contributed by atoms with Crippen molar-refractivity contribution in [2.45, 2.75) is 425 Å². The molecule has 0 saturated heterocycles. The van der Waals surface area contributed by atoms with Gasteiger partial charge in [0.15, 0.2) is 6.10 Å². The lowest BCUT2D eigenvalue weighted by Gasteiger charge is -2.18. The molecule has 0 saturated carbocycles. The molecule has 0 heterocycles. The minimum Gasteiger partial charge on any atom is -0.462 e. The molecular formula is C77H144O6. The smallest absolute Gasteiger partial charge is 0.306 e. The van der Waals surface area contributed by atoms with Crippen LogP contribution in [-0.4, -0.2) is 37.2 Å². The van der Waals surface area contributed by atoms with Crippen LogP contribution in [0.2, 0.25) is 0 Å². The standard InChI is InChI=1S/C77H144O6/c1-4-7-10-13-16-19-22-25-28-30-31-32-33-34-35-36-37-38-39-40-41-42-43-44-45-46-48-49-52-55-58-61-64-67-70-76(79)82-73-74(72-81-75(78)69-66-63-60-57-54-51-27-24-21-18-15-12-9-6-3)83-77(80)71-68-65-62-59-56-53-50-47-29-26-23-20-17-14-11-8-5-2/h17,20,24,26-27,29,74H,4-16,18-19,21-23,25,28,30-73H2,1-3H3/b20-17-,27-24-,29-26-. The largest absolute Gasteiger partial charge is 0.462 e. The number of unbranched alkanes of at least 4 members (excludes halogenated alkanes) is 53. The van der Waals surface area contributed by atoms with Gasteiger partial charge in [-0.3, -0.25) is 14.4 Å². The van der Waals surface area contributed by atoms with Gasteiger partial charge in [-0.25, -0.2) is 0 Å². The molecule has 0 fully saturated rings. The fraction of sp³-hybridized carbons (Fsp3) is 0.883. The first kappa shape index (κ1) is 80.6. The number of rotatable bonds is 70. The molecule has 0 aromatic carbocycles. The molecule has 6 nitrogen and oxygen atoms in total. The summed E-state index contributed by atoms with van der Waals surface area (Å²) in [4.78, 5) is 38.4. The predicted octanol–water partition coefficient (Wildman–Crippen LogP) is 25.9. The molecule has 0 aromatic rings. The van der Waals surface area contributed by atoms with Gasteiger partial charge in [0, 0.05) is 19.3 Å². The average molecular weight is 1170 g/mol. The van der Waals surface area contributed by atoms with Crippen LogP contribution < -0.4 is 0 Å². The fourth-order valence-corrected chi connectivity index (χ4v) is 11.5. The third kappa shape index (κ3) is 70.3. The molecule has 6 heteroatoms. The molecule has 0 aliphatic rings. The molecule has 488 valence electrons. The zero-order valence-corrected chi connectivity index (χ0v) is 56.2. The summed E-state index contributed by atoms with van der Waals surface area (Å²) in [6.07, 6.45) is 90.6. The average Bonchev–Trinajstić information content (AvgIpc) is 3.49. The molecule has 0 radical (unpaired) electrons. The van der Waals surface area contributed by atoms with Crippen LogP contribution in [0.15, 0.2) is 36.5 Å². The number of hydrogen-bond donors (Lipinski definition) is 0. The van der Waals surface area contributed by atoms with E-state index in [0.29, 0.717) is 19.3 Å². The van der Waals surface area contributed by atoms with Gasteiger partial charge in [-0.05, 0) is 77.0 Å². The van der Waals surface area contributed by atoms with E-state index in [1.807, 2.05) is 0 Å². The highest BCUT2D eigenvalue weighted by atomic mass is 16.6.